The van der Waals surface area contributed by atoms with Crippen molar-refractivity contribution in [2.24, 2.45) is 5.92 Å². The summed E-state index contributed by atoms with van der Waals surface area (Å²) in [7, 11) is 0. The van der Waals surface area contributed by atoms with Gasteiger partial charge in [0, 0.05) is 17.9 Å². The summed E-state index contributed by atoms with van der Waals surface area (Å²) in [6, 6.07) is 0. The number of aliphatic hydroxyl groups excluding tert-OH is 1. The minimum absolute atomic E-state index is 0.0820. The van der Waals surface area contributed by atoms with Crippen LogP contribution in [0.5, 0.6) is 0 Å². The van der Waals surface area contributed by atoms with Gasteiger partial charge in [0.1, 0.15) is 17.7 Å². The molecule has 0 bridgehead atoms. The highest BCUT2D eigenvalue weighted by atomic mass is 32.2. The Morgan fingerprint density at radius 3 is 3.04 bits per heavy atom. The first-order valence-electron chi connectivity index (χ1n) is 7.85. The van der Waals surface area contributed by atoms with Crippen molar-refractivity contribution in [2.45, 2.75) is 43.8 Å². The smallest absolute Gasteiger partial charge is 0.356 e. The number of rotatable bonds is 6. The van der Waals surface area contributed by atoms with Gasteiger partial charge in [0.15, 0.2) is 0 Å². The topological polar surface area (TPSA) is 76.1 Å². The van der Waals surface area contributed by atoms with Gasteiger partial charge in [-0.3, -0.25) is 9.69 Å². The number of esters is 1. The van der Waals surface area contributed by atoms with Gasteiger partial charge in [0.25, 0.3) is 0 Å². The van der Waals surface area contributed by atoms with Gasteiger partial charge in [-0.25, -0.2) is 4.79 Å². The molecule has 3 aliphatic rings. The molecule has 1 N–H and O–H groups in total. The summed E-state index contributed by atoms with van der Waals surface area (Å²) in [6.07, 6.45) is 3.42. The van der Waals surface area contributed by atoms with Gasteiger partial charge in [-0.15, -0.1) is 11.8 Å². The molecule has 6 nitrogen and oxygen atoms in total. The van der Waals surface area contributed by atoms with Crippen molar-refractivity contribution in [3.63, 3.8) is 0 Å². The molecule has 0 unspecified atom stereocenters. The highest BCUT2D eigenvalue weighted by molar-refractivity contribution is 8.04. The van der Waals surface area contributed by atoms with Gasteiger partial charge < -0.3 is 14.6 Å². The molecule has 2 saturated heterocycles. The van der Waals surface area contributed by atoms with Gasteiger partial charge in [0.2, 0.25) is 5.91 Å². The van der Waals surface area contributed by atoms with Crippen LogP contribution in [0.25, 0.3) is 0 Å². The van der Waals surface area contributed by atoms with E-state index in [1.807, 2.05) is 0 Å². The van der Waals surface area contributed by atoms with Gasteiger partial charge >= 0.3 is 5.97 Å². The molecule has 23 heavy (non-hydrogen) atoms. The van der Waals surface area contributed by atoms with E-state index in [-0.39, 0.29) is 24.0 Å². The standard InChI is InChI=1S/C16H21NO5S/c1-3-6-22-16(20)13-11(8-10-5-4-7-21-10)23-15-12(9(2)18)14(19)17(13)15/h3,9-10,12,15,18H,1,4-8H2,2H3/t9-,10+,12+,15-/m1/s1. The number of amides is 1. The summed E-state index contributed by atoms with van der Waals surface area (Å²) in [5.74, 6) is -1.19. The van der Waals surface area contributed by atoms with Crippen LogP contribution < -0.4 is 0 Å². The van der Waals surface area contributed by atoms with E-state index in [2.05, 4.69) is 6.58 Å². The molecule has 0 saturated carbocycles. The predicted octanol–water partition coefficient (Wildman–Crippen LogP) is 1.41. The minimum Gasteiger partial charge on any atom is -0.457 e. The molecular weight excluding hydrogens is 318 g/mol. The first-order valence-corrected chi connectivity index (χ1v) is 8.73. The Morgan fingerprint density at radius 2 is 2.43 bits per heavy atom. The zero-order chi connectivity index (χ0) is 16.6. The molecule has 3 heterocycles. The van der Waals surface area contributed by atoms with Crippen molar-refractivity contribution >= 4 is 23.6 Å². The molecule has 2 fully saturated rings. The van der Waals surface area contributed by atoms with Gasteiger partial charge in [-0.05, 0) is 19.8 Å². The first kappa shape index (κ1) is 16.5. The SMILES string of the molecule is C=CCOC(=O)C1=C(C[C@@H]2CCCO2)S[C@@H]2[C@@H]([C@@H](C)O)C(=O)N12. The molecule has 7 heteroatoms. The average Bonchev–Trinajstić information content (AvgIpc) is 3.11. The van der Waals surface area contributed by atoms with Crippen LogP contribution in [0.2, 0.25) is 0 Å². The Morgan fingerprint density at radius 1 is 1.65 bits per heavy atom. The Bertz CT molecular complexity index is 553. The van der Waals surface area contributed by atoms with Gasteiger partial charge in [-0.2, -0.15) is 0 Å². The lowest BCUT2D eigenvalue weighted by Crippen LogP contribution is -2.60. The zero-order valence-electron chi connectivity index (χ0n) is 13.1. The summed E-state index contributed by atoms with van der Waals surface area (Å²) >= 11 is 1.48. The van der Waals surface area contributed by atoms with Crippen LogP contribution in [0.4, 0.5) is 0 Å². The lowest BCUT2D eigenvalue weighted by Gasteiger charge is -2.43. The lowest BCUT2D eigenvalue weighted by atomic mass is 9.92. The van der Waals surface area contributed by atoms with Crippen LogP contribution in [-0.2, 0) is 19.1 Å². The number of carbonyl (C=O) groups is 2. The Labute approximate surface area is 139 Å². The Kier molecular flexibility index (Phi) is 4.79. The van der Waals surface area contributed by atoms with Crippen molar-refractivity contribution in [3.05, 3.63) is 23.3 Å². The fourth-order valence-corrected chi connectivity index (χ4v) is 4.87. The Balaban J connectivity index is 1.81. The number of nitrogens with zero attached hydrogens (tertiary/aromatic N) is 1. The summed E-state index contributed by atoms with van der Waals surface area (Å²) in [5.41, 5.74) is 0.319. The Hall–Kier alpha value is -1.31. The highest BCUT2D eigenvalue weighted by Crippen LogP contribution is 2.52. The summed E-state index contributed by atoms with van der Waals surface area (Å²) in [4.78, 5) is 27.0. The maximum Gasteiger partial charge on any atom is 0.356 e. The molecule has 0 radical (unpaired) electrons. The third-order valence-corrected chi connectivity index (χ3v) is 5.72. The molecular formula is C16H21NO5S. The van der Waals surface area contributed by atoms with E-state index in [0.29, 0.717) is 12.1 Å². The molecule has 4 atom stereocenters. The van der Waals surface area contributed by atoms with Crippen LogP contribution in [-0.4, -0.2) is 52.7 Å². The van der Waals surface area contributed by atoms with Gasteiger partial charge in [0.05, 0.1) is 18.1 Å². The molecule has 0 aromatic carbocycles. The molecule has 0 aliphatic carbocycles. The van der Waals surface area contributed by atoms with Crippen LogP contribution in [0.15, 0.2) is 23.3 Å². The number of hydrogen-bond acceptors (Lipinski definition) is 6. The maximum atomic E-state index is 12.4. The fourth-order valence-electron chi connectivity index (χ4n) is 3.20. The number of fused-ring (bicyclic) bond motifs is 1. The summed E-state index contributed by atoms with van der Waals surface area (Å²) in [6.45, 7) is 5.97. The van der Waals surface area contributed by atoms with Crippen molar-refractivity contribution in [2.75, 3.05) is 13.2 Å². The average molecular weight is 339 g/mol. The summed E-state index contributed by atoms with van der Waals surface area (Å²) in [5, 5.41) is 9.58. The normalized spacial score (nSPS) is 31.0. The molecule has 0 aromatic rings. The summed E-state index contributed by atoms with van der Waals surface area (Å²) < 4.78 is 10.8. The molecule has 3 rings (SSSR count). The van der Waals surface area contributed by atoms with Crippen molar-refractivity contribution in [3.8, 4) is 0 Å². The van der Waals surface area contributed by atoms with Crippen LogP contribution in [0.3, 0.4) is 0 Å². The third kappa shape index (κ3) is 2.93. The van der Waals surface area contributed by atoms with Crippen molar-refractivity contribution < 1.29 is 24.2 Å². The number of β-lactam (4-membered cyclic amide) rings is 1. The van der Waals surface area contributed by atoms with Crippen LogP contribution in [0, 0.1) is 5.92 Å². The number of hydrogen-bond donors (Lipinski definition) is 1. The van der Waals surface area contributed by atoms with E-state index in [4.69, 9.17) is 9.47 Å². The fraction of sp³-hybridized carbons (Fsp3) is 0.625. The van der Waals surface area contributed by atoms with E-state index in [1.165, 1.54) is 22.7 Å². The van der Waals surface area contributed by atoms with Crippen molar-refractivity contribution in [1.82, 2.24) is 4.90 Å². The minimum atomic E-state index is -0.733. The van der Waals surface area contributed by atoms with Crippen LogP contribution in [0.1, 0.15) is 26.2 Å². The molecule has 3 aliphatic heterocycles. The number of aliphatic hydroxyl groups is 1. The van der Waals surface area contributed by atoms with Crippen LogP contribution >= 0.6 is 11.8 Å². The number of thioether (sulfide) groups is 1. The third-order valence-electron chi connectivity index (χ3n) is 4.33. The van der Waals surface area contributed by atoms with Gasteiger partial charge in [-0.1, -0.05) is 12.7 Å². The molecule has 0 aromatic heterocycles. The second-order valence-corrected chi connectivity index (χ2v) is 7.19. The largest absolute Gasteiger partial charge is 0.457 e. The number of carbonyl (C=O) groups excluding carboxylic acids is 2. The monoisotopic (exact) mass is 339 g/mol. The van der Waals surface area contributed by atoms with Crippen molar-refractivity contribution in [1.29, 1.82) is 0 Å². The van der Waals surface area contributed by atoms with E-state index in [0.717, 1.165) is 24.4 Å². The predicted molar refractivity (Wildman–Crippen MR) is 85.2 cm³/mol. The highest BCUT2D eigenvalue weighted by Gasteiger charge is 2.57. The van der Waals surface area contributed by atoms with E-state index >= 15 is 0 Å². The number of ether oxygens (including phenoxy) is 2. The maximum absolute atomic E-state index is 12.4. The first-order chi connectivity index (χ1) is 11.0. The second kappa shape index (κ2) is 6.67. The molecule has 126 valence electrons. The quantitative estimate of drug-likeness (QED) is 0.448. The molecule has 1 amide bonds. The van der Waals surface area contributed by atoms with E-state index in [9.17, 15) is 14.7 Å². The van der Waals surface area contributed by atoms with E-state index < -0.39 is 18.0 Å². The molecule has 0 spiro atoms. The lowest BCUT2D eigenvalue weighted by molar-refractivity contribution is -0.158. The second-order valence-electron chi connectivity index (χ2n) is 5.98. The zero-order valence-corrected chi connectivity index (χ0v) is 13.9. The van der Waals surface area contributed by atoms with E-state index in [1.54, 1.807) is 6.92 Å².